The SMILES string of the molecule is CC(=O)Oc1cccnc1C(=O)c1cc(F)c(C#N)cc1O. The van der Waals surface area contributed by atoms with E-state index in [4.69, 9.17) is 10.00 Å². The summed E-state index contributed by atoms with van der Waals surface area (Å²) >= 11 is 0. The number of rotatable bonds is 3. The molecule has 0 saturated carbocycles. The van der Waals surface area contributed by atoms with Crippen molar-refractivity contribution in [3.8, 4) is 17.6 Å². The summed E-state index contributed by atoms with van der Waals surface area (Å²) in [5.74, 6) is -3.12. The monoisotopic (exact) mass is 300 g/mol. The molecule has 0 radical (unpaired) electrons. The van der Waals surface area contributed by atoms with Crippen LogP contribution in [0.3, 0.4) is 0 Å². The Morgan fingerprint density at radius 2 is 2.14 bits per heavy atom. The summed E-state index contributed by atoms with van der Waals surface area (Å²) in [5.41, 5.74) is -1.03. The predicted octanol–water partition coefficient (Wildman–Crippen LogP) is 1.95. The Hall–Kier alpha value is -3.27. The fourth-order valence-corrected chi connectivity index (χ4v) is 1.76. The molecule has 7 heteroatoms. The number of phenols is 1. The molecule has 0 spiro atoms. The Morgan fingerprint density at radius 1 is 1.41 bits per heavy atom. The number of hydrogen-bond acceptors (Lipinski definition) is 6. The van der Waals surface area contributed by atoms with E-state index in [1.807, 2.05) is 0 Å². The third-order valence-electron chi connectivity index (χ3n) is 2.69. The minimum Gasteiger partial charge on any atom is -0.507 e. The summed E-state index contributed by atoms with van der Waals surface area (Å²) in [7, 11) is 0. The van der Waals surface area contributed by atoms with Crippen molar-refractivity contribution in [2.45, 2.75) is 6.92 Å². The number of aromatic hydroxyl groups is 1. The molecule has 0 aliphatic heterocycles. The minimum absolute atomic E-state index is 0.107. The number of benzene rings is 1. The minimum atomic E-state index is -0.950. The summed E-state index contributed by atoms with van der Waals surface area (Å²) in [6, 6.07) is 5.93. The molecule has 0 atom stereocenters. The van der Waals surface area contributed by atoms with Crippen molar-refractivity contribution in [2.24, 2.45) is 0 Å². The molecule has 1 N–H and O–H groups in total. The second-order valence-electron chi connectivity index (χ2n) is 4.23. The van der Waals surface area contributed by atoms with E-state index in [0.717, 1.165) is 19.1 Å². The highest BCUT2D eigenvalue weighted by Gasteiger charge is 2.22. The molecule has 22 heavy (non-hydrogen) atoms. The van der Waals surface area contributed by atoms with E-state index in [-0.39, 0.29) is 17.0 Å². The van der Waals surface area contributed by atoms with E-state index < -0.39 is 28.9 Å². The van der Waals surface area contributed by atoms with Gasteiger partial charge in [-0.1, -0.05) is 0 Å². The predicted molar refractivity (Wildman–Crippen MR) is 71.8 cm³/mol. The average Bonchev–Trinajstić information content (AvgIpc) is 2.48. The number of aromatic nitrogens is 1. The van der Waals surface area contributed by atoms with Crippen LogP contribution in [0.4, 0.5) is 4.39 Å². The maximum atomic E-state index is 13.6. The molecule has 0 amide bonds. The lowest BCUT2D eigenvalue weighted by atomic mass is 10.0. The average molecular weight is 300 g/mol. The Morgan fingerprint density at radius 3 is 2.77 bits per heavy atom. The zero-order valence-electron chi connectivity index (χ0n) is 11.3. The van der Waals surface area contributed by atoms with Gasteiger partial charge in [0.2, 0.25) is 5.78 Å². The molecule has 1 aromatic carbocycles. The van der Waals surface area contributed by atoms with Crippen molar-refractivity contribution < 1.29 is 23.8 Å². The standard InChI is InChI=1S/C15H9FN2O4/c1-8(19)22-13-3-2-4-18-14(13)15(21)10-6-11(16)9(7-17)5-12(10)20/h2-6,20H,1H3. The molecular formula is C15H9FN2O4. The van der Waals surface area contributed by atoms with E-state index >= 15 is 0 Å². The highest BCUT2D eigenvalue weighted by Crippen LogP contribution is 2.27. The zero-order chi connectivity index (χ0) is 16.3. The van der Waals surface area contributed by atoms with Crippen LogP contribution in [0.5, 0.6) is 11.5 Å². The van der Waals surface area contributed by atoms with Gasteiger partial charge in [-0.3, -0.25) is 9.59 Å². The summed E-state index contributed by atoms with van der Waals surface area (Å²) in [6.45, 7) is 1.15. The maximum absolute atomic E-state index is 13.6. The molecule has 0 fully saturated rings. The van der Waals surface area contributed by atoms with Crippen LogP contribution in [0.2, 0.25) is 0 Å². The van der Waals surface area contributed by atoms with Gasteiger partial charge in [0, 0.05) is 19.2 Å². The number of phenolic OH excluding ortho intramolecular Hbond substituents is 1. The number of halogens is 1. The van der Waals surface area contributed by atoms with Crippen molar-refractivity contribution in [3.63, 3.8) is 0 Å². The maximum Gasteiger partial charge on any atom is 0.308 e. The van der Waals surface area contributed by atoms with Crippen LogP contribution >= 0.6 is 0 Å². The van der Waals surface area contributed by atoms with Crippen molar-refractivity contribution in [2.75, 3.05) is 0 Å². The van der Waals surface area contributed by atoms with Crippen molar-refractivity contribution in [3.05, 3.63) is 53.1 Å². The molecule has 1 heterocycles. The lowest BCUT2D eigenvalue weighted by Gasteiger charge is -2.08. The normalized spacial score (nSPS) is 9.86. The first-order chi connectivity index (χ1) is 10.4. The Labute approximate surface area is 124 Å². The highest BCUT2D eigenvalue weighted by molar-refractivity contribution is 6.11. The fourth-order valence-electron chi connectivity index (χ4n) is 1.76. The zero-order valence-corrected chi connectivity index (χ0v) is 11.3. The van der Waals surface area contributed by atoms with Gasteiger partial charge in [-0.2, -0.15) is 5.26 Å². The molecule has 0 bridgehead atoms. The highest BCUT2D eigenvalue weighted by atomic mass is 19.1. The van der Waals surface area contributed by atoms with E-state index in [9.17, 15) is 19.1 Å². The van der Waals surface area contributed by atoms with Crippen molar-refractivity contribution in [1.82, 2.24) is 4.98 Å². The lowest BCUT2D eigenvalue weighted by Crippen LogP contribution is -2.11. The van der Waals surface area contributed by atoms with E-state index in [0.29, 0.717) is 0 Å². The molecule has 110 valence electrons. The molecular weight excluding hydrogens is 291 g/mol. The van der Waals surface area contributed by atoms with E-state index in [2.05, 4.69) is 4.98 Å². The van der Waals surface area contributed by atoms with Gasteiger partial charge in [-0.05, 0) is 18.2 Å². The van der Waals surface area contributed by atoms with Gasteiger partial charge in [0.15, 0.2) is 11.4 Å². The molecule has 6 nitrogen and oxygen atoms in total. The first-order valence-corrected chi connectivity index (χ1v) is 6.04. The summed E-state index contributed by atoms with van der Waals surface area (Å²) < 4.78 is 18.5. The number of ketones is 1. The Kier molecular flexibility index (Phi) is 4.13. The largest absolute Gasteiger partial charge is 0.507 e. The van der Waals surface area contributed by atoms with Gasteiger partial charge in [-0.25, -0.2) is 9.37 Å². The van der Waals surface area contributed by atoms with Crippen LogP contribution in [0.15, 0.2) is 30.5 Å². The first-order valence-electron chi connectivity index (χ1n) is 6.04. The van der Waals surface area contributed by atoms with Crippen molar-refractivity contribution in [1.29, 1.82) is 5.26 Å². The van der Waals surface area contributed by atoms with Crippen LogP contribution in [0.25, 0.3) is 0 Å². The van der Waals surface area contributed by atoms with Crippen LogP contribution in [0.1, 0.15) is 28.5 Å². The van der Waals surface area contributed by atoms with Gasteiger partial charge in [0.25, 0.3) is 0 Å². The number of ether oxygens (including phenoxy) is 1. The van der Waals surface area contributed by atoms with Gasteiger partial charge < -0.3 is 9.84 Å². The van der Waals surface area contributed by atoms with E-state index in [1.165, 1.54) is 18.3 Å². The van der Waals surface area contributed by atoms with E-state index in [1.54, 1.807) is 6.07 Å². The number of nitriles is 1. The molecule has 0 aliphatic rings. The van der Waals surface area contributed by atoms with Crippen LogP contribution in [-0.2, 0) is 4.79 Å². The molecule has 2 aromatic rings. The smallest absolute Gasteiger partial charge is 0.308 e. The molecule has 0 aliphatic carbocycles. The lowest BCUT2D eigenvalue weighted by molar-refractivity contribution is -0.131. The second kappa shape index (κ2) is 6.01. The summed E-state index contributed by atoms with van der Waals surface area (Å²) in [6.07, 6.45) is 1.29. The quantitative estimate of drug-likeness (QED) is 0.687. The Bertz CT molecular complexity index is 812. The van der Waals surface area contributed by atoms with Crippen LogP contribution in [0, 0.1) is 17.1 Å². The first kappa shape index (κ1) is 15.1. The molecule has 1 aromatic heterocycles. The molecule has 2 rings (SSSR count). The summed E-state index contributed by atoms with van der Waals surface area (Å²) in [5, 5.41) is 18.5. The summed E-state index contributed by atoms with van der Waals surface area (Å²) in [4.78, 5) is 27.2. The fraction of sp³-hybridized carbons (Fsp3) is 0.0667. The molecule has 0 unspecified atom stereocenters. The third kappa shape index (κ3) is 2.91. The number of carbonyl (C=O) groups is 2. The van der Waals surface area contributed by atoms with Crippen LogP contribution < -0.4 is 4.74 Å². The number of hydrogen-bond donors (Lipinski definition) is 1. The third-order valence-corrected chi connectivity index (χ3v) is 2.69. The van der Waals surface area contributed by atoms with Gasteiger partial charge >= 0.3 is 5.97 Å². The number of esters is 1. The number of nitrogens with zero attached hydrogens (tertiary/aromatic N) is 2. The topological polar surface area (TPSA) is 100 Å². The van der Waals surface area contributed by atoms with Gasteiger partial charge in [0.05, 0.1) is 11.1 Å². The second-order valence-corrected chi connectivity index (χ2v) is 4.23. The Balaban J connectivity index is 2.52. The number of pyridine rings is 1. The van der Waals surface area contributed by atoms with Gasteiger partial charge in [0.1, 0.15) is 17.6 Å². The van der Waals surface area contributed by atoms with Gasteiger partial charge in [-0.15, -0.1) is 0 Å². The van der Waals surface area contributed by atoms with Crippen LogP contribution in [-0.4, -0.2) is 21.8 Å². The van der Waals surface area contributed by atoms with Crippen molar-refractivity contribution >= 4 is 11.8 Å². The molecule has 0 saturated heterocycles. The number of carbonyl (C=O) groups excluding carboxylic acids is 2.